The molecule has 0 unspecified atom stereocenters. The molecular formula is C3H8Na2O5. The summed E-state index contributed by atoms with van der Waals surface area (Å²) < 4.78 is 0. The van der Waals surface area contributed by atoms with Gasteiger partial charge in [-0.1, -0.05) is 0 Å². The van der Waals surface area contributed by atoms with Crippen LogP contribution in [0.2, 0.25) is 0 Å². The first-order valence-corrected chi connectivity index (χ1v) is 1.56. The van der Waals surface area contributed by atoms with Crippen molar-refractivity contribution in [2.45, 2.75) is 6.42 Å². The number of hydrogen-bond acceptors (Lipinski definition) is 2. The first-order valence-electron chi connectivity index (χ1n) is 1.56. The molecule has 0 aromatic carbocycles. The van der Waals surface area contributed by atoms with Crippen molar-refractivity contribution in [3.63, 3.8) is 0 Å². The summed E-state index contributed by atoms with van der Waals surface area (Å²) in [6, 6.07) is 0. The summed E-state index contributed by atoms with van der Waals surface area (Å²) in [6.45, 7) is 0. The van der Waals surface area contributed by atoms with Crippen LogP contribution >= 0.6 is 0 Å². The summed E-state index contributed by atoms with van der Waals surface area (Å²) >= 11 is 0. The first-order chi connectivity index (χ1) is 3.13. The Morgan fingerprint density at radius 2 is 1.20 bits per heavy atom. The van der Waals surface area contributed by atoms with E-state index in [0.717, 1.165) is 0 Å². The molecule has 0 aromatic heterocycles. The Labute approximate surface area is 102 Å². The molecule has 0 aliphatic rings. The fourth-order valence-corrected chi connectivity index (χ4v) is 0.129. The van der Waals surface area contributed by atoms with Crippen LogP contribution in [0.25, 0.3) is 0 Å². The van der Waals surface area contributed by atoms with Crippen molar-refractivity contribution < 1.29 is 25.3 Å². The van der Waals surface area contributed by atoms with Gasteiger partial charge < -0.3 is 15.7 Å². The van der Waals surface area contributed by atoms with E-state index in [2.05, 4.69) is 0 Å². The van der Waals surface area contributed by atoms with E-state index >= 15 is 0 Å². The molecule has 0 atom stereocenters. The minimum absolute atomic E-state index is 0. The number of carboxylic acids is 2. The molecule has 5 nitrogen and oxygen atoms in total. The molecular weight excluding hydrogens is 162 g/mol. The molecule has 0 amide bonds. The fourth-order valence-electron chi connectivity index (χ4n) is 0.129. The average molecular weight is 170 g/mol. The van der Waals surface area contributed by atoms with Crippen LogP contribution in [0.1, 0.15) is 6.42 Å². The Morgan fingerprint density at radius 1 is 1.00 bits per heavy atom. The summed E-state index contributed by atoms with van der Waals surface area (Å²) in [5, 5.41) is 15.4. The van der Waals surface area contributed by atoms with Gasteiger partial charge in [0.15, 0.2) is 0 Å². The maximum atomic E-state index is 9.43. The SMILES string of the molecule is O.O=C(O)CC(=O)O.[NaH].[NaH]. The zero-order chi connectivity index (χ0) is 5.86. The zero-order valence-electron chi connectivity index (χ0n) is 3.92. The molecule has 0 spiro atoms. The molecule has 0 saturated carbocycles. The third-order valence-corrected chi connectivity index (χ3v) is 0.302. The molecule has 0 saturated heterocycles. The summed E-state index contributed by atoms with van der Waals surface area (Å²) in [5.74, 6) is -2.62. The quantitative estimate of drug-likeness (QED) is 0.350. The Kier molecular flexibility index (Phi) is 28.2. The van der Waals surface area contributed by atoms with Crippen LogP contribution in [0.15, 0.2) is 0 Å². The van der Waals surface area contributed by atoms with Gasteiger partial charge in [-0.05, 0) is 0 Å². The molecule has 0 rings (SSSR count). The van der Waals surface area contributed by atoms with Crippen LogP contribution in [-0.4, -0.2) is 86.7 Å². The third kappa shape index (κ3) is 23.1. The average Bonchev–Trinajstić information content (AvgIpc) is 1.27. The van der Waals surface area contributed by atoms with Gasteiger partial charge in [0.05, 0.1) is 0 Å². The molecule has 10 heavy (non-hydrogen) atoms. The van der Waals surface area contributed by atoms with E-state index in [0.29, 0.717) is 0 Å². The van der Waals surface area contributed by atoms with E-state index in [1.807, 2.05) is 0 Å². The molecule has 0 aliphatic heterocycles. The van der Waals surface area contributed by atoms with Gasteiger partial charge in [-0.3, -0.25) is 9.59 Å². The number of carboxylic acid groups (broad SMARTS) is 2. The molecule has 52 valence electrons. The first kappa shape index (κ1) is 22.4. The predicted octanol–water partition coefficient (Wildman–Crippen LogP) is -2.58. The predicted molar refractivity (Wildman–Crippen MR) is 37.8 cm³/mol. The summed E-state index contributed by atoms with van der Waals surface area (Å²) in [4.78, 5) is 18.9. The normalized spacial score (nSPS) is 5.60. The van der Waals surface area contributed by atoms with E-state index in [1.165, 1.54) is 0 Å². The maximum absolute atomic E-state index is 9.43. The van der Waals surface area contributed by atoms with Gasteiger partial charge in [-0.2, -0.15) is 0 Å². The number of aliphatic carboxylic acids is 2. The second-order valence-corrected chi connectivity index (χ2v) is 0.964. The molecule has 4 N–H and O–H groups in total. The monoisotopic (exact) mass is 170 g/mol. The van der Waals surface area contributed by atoms with Gasteiger partial charge in [0, 0.05) is 0 Å². The van der Waals surface area contributed by atoms with Crippen LogP contribution in [0.5, 0.6) is 0 Å². The van der Waals surface area contributed by atoms with Gasteiger partial charge in [0.2, 0.25) is 0 Å². The molecule has 0 bridgehead atoms. The van der Waals surface area contributed by atoms with Crippen molar-refractivity contribution >= 4 is 71.1 Å². The molecule has 0 fully saturated rings. The minimum atomic E-state index is -1.31. The van der Waals surface area contributed by atoms with E-state index in [1.54, 1.807) is 0 Å². The Hall–Kier alpha value is 0.900. The van der Waals surface area contributed by atoms with Gasteiger partial charge in [-0.15, -0.1) is 0 Å². The van der Waals surface area contributed by atoms with Gasteiger partial charge >= 0.3 is 71.1 Å². The van der Waals surface area contributed by atoms with Gasteiger partial charge in [-0.25, -0.2) is 0 Å². The molecule has 7 heteroatoms. The molecule has 0 aliphatic carbocycles. The Bertz CT molecular complexity index is 91.1. The number of rotatable bonds is 2. The topological polar surface area (TPSA) is 106 Å². The zero-order valence-corrected chi connectivity index (χ0v) is 3.92. The van der Waals surface area contributed by atoms with E-state index in [9.17, 15) is 9.59 Å². The fraction of sp³-hybridized carbons (Fsp3) is 0.333. The third-order valence-electron chi connectivity index (χ3n) is 0.302. The molecule has 0 aromatic rings. The van der Waals surface area contributed by atoms with Crippen LogP contribution in [-0.2, 0) is 9.59 Å². The summed E-state index contributed by atoms with van der Waals surface area (Å²) in [7, 11) is 0. The standard InChI is InChI=1S/C3H4O4.2Na.H2O.2H/c4-2(5)1-3(6)7;;;;;/h1H2,(H,4,5)(H,6,7);;;1H2;;. The molecule has 0 radical (unpaired) electrons. The number of carbonyl (C=O) groups is 2. The Balaban J connectivity index is -0.0000000600. The van der Waals surface area contributed by atoms with Crippen molar-refractivity contribution in [1.29, 1.82) is 0 Å². The van der Waals surface area contributed by atoms with Crippen LogP contribution in [0.4, 0.5) is 0 Å². The van der Waals surface area contributed by atoms with Crippen molar-refractivity contribution in [3.8, 4) is 0 Å². The van der Waals surface area contributed by atoms with Crippen molar-refractivity contribution in [3.05, 3.63) is 0 Å². The Morgan fingerprint density at radius 3 is 1.20 bits per heavy atom. The van der Waals surface area contributed by atoms with Crippen molar-refractivity contribution in [2.75, 3.05) is 0 Å². The van der Waals surface area contributed by atoms with Crippen molar-refractivity contribution in [2.24, 2.45) is 0 Å². The van der Waals surface area contributed by atoms with E-state index < -0.39 is 18.4 Å². The van der Waals surface area contributed by atoms with Crippen molar-refractivity contribution in [1.82, 2.24) is 0 Å². The van der Waals surface area contributed by atoms with Crippen LogP contribution in [0.3, 0.4) is 0 Å². The van der Waals surface area contributed by atoms with Crippen LogP contribution < -0.4 is 0 Å². The van der Waals surface area contributed by atoms with E-state index in [4.69, 9.17) is 10.2 Å². The van der Waals surface area contributed by atoms with E-state index in [-0.39, 0.29) is 64.6 Å². The summed E-state index contributed by atoms with van der Waals surface area (Å²) in [5.41, 5.74) is 0. The molecule has 0 heterocycles. The second kappa shape index (κ2) is 12.6. The second-order valence-electron chi connectivity index (χ2n) is 0.964. The van der Waals surface area contributed by atoms with Gasteiger partial charge in [0.25, 0.3) is 0 Å². The van der Waals surface area contributed by atoms with Gasteiger partial charge in [0.1, 0.15) is 6.42 Å². The van der Waals surface area contributed by atoms with Crippen LogP contribution in [0, 0.1) is 0 Å². The number of hydrogen-bond donors (Lipinski definition) is 2. The summed E-state index contributed by atoms with van der Waals surface area (Å²) in [6.07, 6.45) is -0.806.